The van der Waals surface area contributed by atoms with Gasteiger partial charge in [0.1, 0.15) is 10.5 Å². The molecule has 0 saturated carbocycles. The molecule has 0 N–H and O–H groups in total. The summed E-state index contributed by atoms with van der Waals surface area (Å²) in [6, 6.07) is 0. The summed E-state index contributed by atoms with van der Waals surface area (Å²) < 4.78 is -0.0810. The van der Waals surface area contributed by atoms with Crippen LogP contribution < -0.4 is 0 Å². The number of nitrogens with zero attached hydrogens (tertiary/aromatic N) is 2. The molecule has 1 rings (SSSR count). The Morgan fingerprint density at radius 3 is 2.62 bits per heavy atom. The normalized spacial score (nSPS) is 10.4. The van der Waals surface area contributed by atoms with E-state index in [-0.39, 0.29) is 4.58 Å². The van der Waals surface area contributed by atoms with Crippen molar-refractivity contribution in [2.75, 3.05) is 0 Å². The van der Waals surface area contributed by atoms with Gasteiger partial charge in [-0.3, -0.25) is 0 Å². The molecule has 44 valence electrons. The molecular formula is C3H4N2S3. The molecule has 0 unspecified atom stereocenters. The van der Waals surface area contributed by atoms with Crippen molar-refractivity contribution in [1.82, 2.24) is 10.2 Å². The molecule has 0 aliphatic heterocycles. The van der Waals surface area contributed by atoms with Gasteiger partial charge in [-0.2, -0.15) is 25.3 Å². The summed E-state index contributed by atoms with van der Waals surface area (Å²) in [7, 11) is 0. The Morgan fingerprint density at radius 2 is 2.38 bits per heavy atom. The molecule has 0 aliphatic rings. The summed E-state index contributed by atoms with van der Waals surface area (Å²) in [6.07, 6.45) is 0. The molecule has 1 heterocycles. The van der Waals surface area contributed by atoms with Crippen LogP contribution in [0.4, 0.5) is 0 Å². The van der Waals surface area contributed by atoms with E-state index in [1.165, 1.54) is 11.3 Å². The number of hydrogen-bond acceptors (Lipinski definition) is 5. The Morgan fingerprint density at radius 1 is 1.62 bits per heavy atom. The second kappa shape index (κ2) is 2.70. The zero-order chi connectivity index (χ0) is 5.98. The molecule has 0 radical (unpaired) electrons. The zero-order valence-electron chi connectivity index (χ0n) is 3.85. The van der Waals surface area contributed by atoms with Gasteiger partial charge in [0.05, 0.1) is 4.58 Å². The Kier molecular flexibility index (Phi) is 2.16. The average Bonchev–Trinajstić information content (AvgIpc) is 2.12. The smallest absolute Gasteiger partial charge is 0.139 e. The van der Waals surface area contributed by atoms with Crippen LogP contribution >= 0.6 is 36.6 Å². The monoisotopic (exact) mass is 164 g/mol. The van der Waals surface area contributed by atoms with Crippen LogP contribution in [0.15, 0.2) is 5.51 Å². The SMILES string of the molecule is SC(S)c1nncs1. The minimum Gasteiger partial charge on any atom is -0.158 e. The fraction of sp³-hybridized carbons (Fsp3) is 0.333. The highest BCUT2D eigenvalue weighted by Gasteiger charge is 2.01. The minimum absolute atomic E-state index is 0.0810. The highest BCUT2D eigenvalue weighted by Crippen LogP contribution is 2.23. The molecule has 8 heavy (non-hydrogen) atoms. The van der Waals surface area contributed by atoms with Crippen LogP contribution in [0, 0.1) is 0 Å². The maximum absolute atomic E-state index is 4.03. The van der Waals surface area contributed by atoms with Gasteiger partial charge in [-0.25, -0.2) is 0 Å². The Hall–Kier alpha value is 0.260. The molecule has 0 saturated heterocycles. The minimum atomic E-state index is -0.0810. The molecular weight excluding hydrogens is 160 g/mol. The van der Waals surface area contributed by atoms with Gasteiger partial charge in [-0.05, 0) is 0 Å². The van der Waals surface area contributed by atoms with E-state index in [1.807, 2.05) is 0 Å². The molecule has 0 atom stereocenters. The fourth-order valence-corrected chi connectivity index (χ4v) is 1.18. The van der Waals surface area contributed by atoms with Crippen LogP contribution in [-0.2, 0) is 0 Å². The number of rotatable bonds is 1. The molecule has 5 heteroatoms. The van der Waals surface area contributed by atoms with Crippen molar-refractivity contribution >= 4 is 36.6 Å². The van der Waals surface area contributed by atoms with Crippen molar-refractivity contribution in [1.29, 1.82) is 0 Å². The standard InChI is InChI=1S/C3H4N2S3/c6-3(7)2-5-4-1-8-2/h1,3,6-7H. The lowest BCUT2D eigenvalue weighted by atomic mass is 10.8. The van der Waals surface area contributed by atoms with Gasteiger partial charge in [0.15, 0.2) is 0 Å². The van der Waals surface area contributed by atoms with E-state index in [2.05, 4.69) is 35.5 Å². The lowest BCUT2D eigenvalue weighted by molar-refractivity contribution is 1.04. The van der Waals surface area contributed by atoms with Crippen LogP contribution in [0.5, 0.6) is 0 Å². The van der Waals surface area contributed by atoms with Crippen molar-refractivity contribution in [2.45, 2.75) is 4.58 Å². The van der Waals surface area contributed by atoms with Crippen LogP contribution in [0.2, 0.25) is 0 Å². The van der Waals surface area contributed by atoms with Crippen molar-refractivity contribution < 1.29 is 0 Å². The van der Waals surface area contributed by atoms with Gasteiger partial charge >= 0.3 is 0 Å². The van der Waals surface area contributed by atoms with Crippen molar-refractivity contribution in [3.8, 4) is 0 Å². The molecule has 0 aromatic carbocycles. The van der Waals surface area contributed by atoms with E-state index < -0.39 is 0 Å². The summed E-state index contributed by atoms with van der Waals surface area (Å²) in [5, 5.41) is 8.19. The molecule has 0 spiro atoms. The molecule has 1 aromatic rings. The van der Waals surface area contributed by atoms with E-state index in [9.17, 15) is 0 Å². The third-order valence-corrected chi connectivity index (χ3v) is 2.19. The Bertz CT molecular complexity index is 148. The van der Waals surface area contributed by atoms with E-state index in [0.717, 1.165) is 5.01 Å². The molecule has 0 fully saturated rings. The van der Waals surface area contributed by atoms with Crippen LogP contribution in [0.25, 0.3) is 0 Å². The van der Waals surface area contributed by atoms with E-state index in [1.54, 1.807) is 5.51 Å². The topological polar surface area (TPSA) is 25.8 Å². The Balaban J connectivity index is 2.77. The number of thiol groups is 2. The fourth-order valence-electron chi connectivity index (χ4n) is 0.294. The first kappa shape index (κ1) is 6.38. The van der Waals surface area contributed by atoms with Gasteiger partial charge in [0.2, 0.25) is 0 Å². The largest absolute Gasteiger partial charge is 0.158 e. The average molecular weight is 164 g/mol. The van der Waals surface area contributed by atoms with E-state index >= 15 is 0 Å². The maximum atomic E-state index is 4.03. The first-order chi connectivity index (χ1) is 3.80. The first-order valence-electron chi connectivity index (χ1n) is 1.93. The summed E-state index contributed by atoms with van der Waals surface area (Å²) in [5.74, 6) is 0. The van der Waals surface area contributed by atoms with Crippen LogP contribution in [-0.4, -0.2) is 10.2 Å². The zero-order valence-corrected chi connectivity index (χ0v) is 6.46. The first-order valence-corrected chi connectivity index (χ1v) is 3.84. The Labute approximate surface area is 62.2 Å². The van der Waals surface area contributed by atoms with Gasteiger partial charge in [0.25, 0.3) is 0 Å². The third-order valence-electron chi connectivity index (χ3n) is 0.598. The lowest BCUT2D eigenvalue weighted by Crippen LogP contribution is -1.77. The van der Waals surface area contributed by atoms with E-state index in [0.29, 0.717) is 0 Å². The van der Waals surface area contributed by atoms with Crippen LogP contribution in [0.3, 0.4) is 0 Å². The molecule has 0 aliphatic carbocycles. The molecule has 0 bridgehead atoms. The lowest BCUT2D eigenvalue weighted by Gasteiger charge is -1.90. The predicted octanol–water partition coefficient (Wildman–Crippen LogP) is 1.40. The second-order valence-corrected chi connectivity index (χ2v) is 3.46. The molecule has 2 nitrogen and oxygen atoms in total. The van der Waals surface area contributed by atoms with Gasteiger partial charge in [-0.15, -0.1) is 21.5 Å². The third kappa shape index (κ3) is 1.37. The summed E-state index contributed by atoms with van der Waals surface area (Å²) >= 11 is 9.51. The van der Waals surface area contributed by atoms with Crippen molar-refractivity contribution in [3.63, 3.8) is 0 Å². The summed E-state index contributed by atoms with van der Waals surface area (Å²) in [4.78, 5) is 0. The molecule has 0 amide bonds. The summed E-state index contributed by atoms with van der Waals surface area (Å²) in [6.45, 7) is 0. The maximum Gasteiger partial charge on any atom is 0.139 e. The van der Waals surface area contributed by atoms with Crippen molar-refractivity contribution in [3.05, 3.63) is 10.5 Å². The highest BCUT2D eigenvalue weighted by molar-refractivity contribution is 7.98. The summed E-state index contributed by atoms with van der Waals surface area (Å²) in [5.41, 5.74) is 1.66. The van der Waals surface area contributed by atoms with Crippen molar-refractivity contribution in [2.24, 2.45) is 0 Å². The predicted molar refractivity (Wildman–Crippen MR) is 40.6 cm³/mol. The second-order valence-electron chi connectivity index (χ2n) is 1.15. The number of aromatic nitrogens is 2. The highest BCUT2D eigenvalue weighted by atomic mass is 32.2. The van der Waals surface area contributed by atoms with Gasteiger partial charge < -0.3 is 0 Å². The van der Waals surface area contributed by atoms with Gasteiger partial charge in [0, 0.05) is 0 Å². The van der Waals surface area contributed by atoms with Crippen LogP contribution in [0.1, 0.15) is 9.59 Å². The van der Waals surface area contributed by atoms with Gasteiger partial charge in [-0.1, -0.05) is 0 Å². The quantitative estimate of drug-likeness (QED) is 0.484. The number of hydrogen-bond donors (Lipinski definition) is 2. The van der Waals surface area contributed by atoms with E-state index in [4.69, 9.17) is 0 Å². The molecule has 1 aromatic heterocycles.